The molecule has 0 N–H and O–H groups in total. The third kappa shape index (κ3) is 4.81. The van der Waals surface area contributed by atoms with Crippen LogP contribution < -0.4 is 4.90 Å². The van der Waals surface area contributed by atoms with Gasteiger partial charge in [0.25, 0.3) is 0 Å². The average Bonchev–Trinajstić information content (AvgIpc) is 3.50. The molecule has 1 aliphatic rings. The van der Waals surface area contributed by atoms with Gasteiger partial charge in [0.1, 0.15) is 5.00 Å². The lowest BCUT2D eigenvalue weighted by atomic mass is 9.96. The van der Waals surface area contributed by atoms with Crippen molar-refractivity contribution < 1.29 is 0 Å². The summed E-state index contributed by atoms with van der Waals surface area (Å²) < 4.78 is 0. The number of anilines is 3. The molecule has 1 aliphatic carbocycles. The van der Waals surface area contributed by atoms with Crippen molar-refractivity contribution in [2.45, 2.75) is 38.1 Å². The summed E-state index contributed by atoms with van der Waals surface area (Å²) in [6, 6.07) is 30.6. The molecule has 0 saturated heterocycles. The van der Waals surface area contributed by atoms with E-state index in [1.807, 2.05) is 22.7 Å². The molecule has 0 radical (unpaired) electrons. The third-order valence-electron chi connectivity index (χ3n) is 5.70. The summed E-state index contributed by atoms with van der Waals surface area (Å²) >= 11 is 3.67. The zero-order valence-corrected chi connectivity index (χ0v) is 19.1. The Morgan fingerprint density at radius 2 is 1.29 bits per heavy atom. The highest BCUT2D eigenvalue weighted by Gasteiger charge is 2.15. The molecular weight excluding hydrogens is 416 g/mol. The van der Waals surface area contributed by atoms with Gasteiger partial charge in [-0.25, -0.2) is 0 Å². The van der Waals surface area contributed by atoms with Gasteiger partial charge in [-0.1, -0.05) is 55.7 Å². The Hall–Kier alpha value is -2.69. The number of para-hydroxylation sites is 2. The van der Waals surface area contributed by atoms with E-state index in [1.165, 1.54) is 63.1 Å². The Morgan fingerprint density at radius 3 is 1.97 bits per heavy atom. The topological polar surface area (TPSA) is 15.6 Å². The molecular formula is C27H26N2S2. The quantitative estimate of drug-likeness (QED) is 0.273. The number of nitrogens with zero attached hydrogens (tertiary/aromatic N) is 2. The van der Waals surface area contributed by atoms with Gasteiger partial charge in [0, 0.05) is 38.3 Å². The van der Waals surface area contributed by atoms with Crippen molar-refractivity contribution in [3.05, 3.63) is 89.8 Å². The third-order valence-corrected chi connectivity index (χ3v) is 7.98. The van der Waals surface area contributed by atoms with Crippen LogP contribution in [0.5, 0.6) is 0 Å². The summed E-state index contributed by atoms with van der Waals surface area (Å²) in [7, 11) is 0. The molecule has 0 amide bonds. The van der Waals surface area contributed by atoms with Gasteiger partial charge in [-0.15, -0.1) is 22.7 Å². The SMILES string of the molecule is C(=NC1CCCCC1)c1ccc(-c2ccc(N(c3ccccc3)c3ccccc3)s2)s1. The Bertz CT molecular complexity index is 1080. The molecule has 4 heteroatoms. The maximum Gasteiger partial charge on any atom is 0.101 e. The zero-order valence-electron chi connectivity index (χ0n) is 17.5. The van der Waals surface area contributed by atoms with Crippen LogP contribution in [0, 0.1) is 0 Å². The predicted molar refractivity (Wildman–Crippen MR) is 137 cm³/mol. The molecule has 0 spiro atoms. The first-order chi connectivity index (χ1) is 15.4. The van der Waals surface area contributed by atoms with Gasteiger partial charge in [0.2, 0.25) is 0 Å². The molecule has 5 rings (SSSR count). The van der Waals surface area contributed by atoms with Gasteiger partial charge < -0.3 is 4.90 Å². The Balaban J connectivity index is 1.40. The standard InChI is InChI=1S/C27H26N2S2/c1-4-10-21(11-5-1)28-20-24-16-17-25(30-24)26-18-19-27(31-26)29(22-12-6-2-7-13-22)23-14-8-3-9-15-23/h2-3,6-9,12-21H,1,4-5,10-11H2. The number of aliphatic imine (C=N–C) groups is 1. The van der Waals surface area contributed by atoms with Crippen LogP contribution in [0.2, 0.25) is 0 Å². The highest BCUT2D eigenvalue weighted by atomic mass is 32.1. The fourth-order valence-corrected chi connectivity index (χ4v) is 6.13. The van der Waals surface area contributed by atoms with Crippen molar-refractivity contribution in [2.24, 2.45) is 4.99 Å². The highest BCUT2D eigenvalue weighted by molar-refractivity contribution is 7.24. The number of rotatable bonds is 6. The summed E-state index contributed by atoms with van der Waals surface area (Å²) in [5.41, 5.74) is 2.35. The second-order valence-corrected chi connectivity index (χ2v) is 10.1. The molecule has 2 heterocycles. The Labute approximate surface area is 192 Å². The first-order valence-corrected chi connectivity index (χ1v) is 12.6. The van der Waals surface area contributed by atoms with Crippen LogP contribution >= 0.6 is 22.7 Å². The number of benzene rings is 2. The van der Waals surface area contributed by atoms with E-state index in [-0.39, 0.29) is 0 Å². The monoisotopic (exact) mass is 442 g/mol. The van der Waals surface area contributed by atoms with Crippen LogP contribution in [0.15, 0.2) is 89.9 Å². The molecule has 4 aromatic rings. The molecule has 0 unspecified atom stereocenters. The van der Waals surface area contributed by atoms with Gasteiger partial charge in [-0.3, -0.25) is 4.99 Å². The largest absolute Gasteiger partial charge is 0.302 e. The second kappa shape index (κ2) is 9.63. The summed E-state index contributed by atoms with van der Waals surface area (Å²) in [6.45, 7) is 0. The van der Waals surface area contributed by atoms with Gasteiger partial charge in [0.05, 0.1) is 0 Å². The lowest BCUT2D eigenvalue weighted by Crippen LogP contribution is -2.09. The molecule has 0 bridgehead atoms. The van der Waals surface area contributed by atoms with Crippen molar-refractivity contribution in [3.63, 3.8) is 0 Å². The van der Waals surface area contributed by atoms with E-state index in [1.54, 1.807) is 0 Å². The van der Waals surface area contributed by atoms with Crippen molar-refractivity contribution in [1.29, 1.82) is 0 Å². The van der Waals surface area contributed by atoms with E-state index in [9.17, 15) is 0 Å². The Morgan fingerprint density at radius 1 is 0.677 bits per heavy atom. The minimum Gasteiger partial charge on any atom is -0.302 e. The molecule has 2 aromatic carbocycles. The normalized spacial score (nSPS) is 14.8. The molecule has 0 aliphatic heterocycles. The van der Waals surface area contributed by atoms with E-state index in [4.69, 9.17) is 4.99 Å². The second-order valence-electron chi connectivity index (χ2n) is 7.92. The summed E-state index contributed by atoms with van der Waals surface area (Å²) in [5, 5.41) is 1.22. The minimum atomic E-state index is 0.526. The minimum absolute atomic E-state index is 0.526. The van der Waals surface area contributed by atoms with Gasteiger partial charge >= 0.3 is 0 Å². The number of thiophene rings is 2. The predicted octanol–water partition coefficient (Wildman–Crippen LogP) is 8.70. The van der Waals surface area contributed by atoms with Crippen molar-refractivity contribution in [3.8, 4) is 9.75 Å². The zero-order chi connectivity index (χ0) is 20.9. The van der Waals surface area contributed by atoms with E-state index < -0.39 is 0 Å². The summed E-state index contributed by atoms with van der Waals surface area (Å²) in [5.74, 6) is 0. The molecule has 1 saturated carbocycles. The lowest BCUT2D eigenvalue weighted by molar-refractivity contribution is 0.444. The van der Waals surface area contributed by atoms with Crippen LogP contribution in [0.1, 0.15) is 37.0 Å². The van der Waals surface area contributed by atoms with Crippen LogP contribution in [-0.2, 0) is 0 Å². The van der Waals surface area contributed by atoms with Gasteiger partial charge in [-0.2, -0.15) is 0 Å². The van der Waals surface area contributed by atoms with Crippen LogP contribution in [0.25, 0.3) is 9.75 Å². The van der Waals surface area contributed by atoms with Crippen LogP contribution in [0.3, 0.4) is 0 Å². The van der Waals surface area contributed by atoms with E-state index in [0.29, 0.717) is 6.04 Å². The Kier molecular flexibility index (Phi) is 6.28. The number of hydrogen-bond acceptors (Lipinski definition) is 4. The van der Waals surface area contributed by atoms with Gasteiger partial charge in [0.15, 0.2) is 0 Å². The number of hydrogen-bond donors (Lipinski definition) is 0. The van der Waals surface area contributed by atoms with Crippen LogP contribution in [0.4, 0.5) is 16.4 Å². The van der Waals surface area contributed by atoms with E-state index in [2.05, 4.69) is 96.0 Å². The van der Waals surface area contributed by atoms with E-state index >= 15 is 0 Å². The maximum absolute atomic E-state index is 4.85. The smallest absolute Gasteiger partial charge is 0.101 e. The molecule has 2 aromatic heterocycles. The highest BCUT2D eigenvalue weighted by Crippen LogP contribution is 2.42. The van der Waals surface area contributed by atoms with Gasteiger partial charge in [-0.05, 0) is 61.4 Å². The molecule has 156 valence electrons. The lowest BCUT2D eigenvalue weighted by Gasteiger charge is -2.23. The van der Waals surface area contributed by atoms with Crippen molar-refractivity contribution >= 4 is 45.3 Å². The summed E-state index contributed by atoms with van der Waals surface area (Å²) in [6.07, 6.45) is 8.62. The fourth-order valence-electron chi connectivity index (χ4n) is 4.10. The maximum atomic E-state index is 4.85. The molecule has 2 nitrogen and oxygen atoms in total. The molecule has 0 atom stereocenters. The molecule has 1 fully saturated rings. The molecule has 31 heavy (non-hydrogen) atoms. The first kappa shape index (κ1) is 20.2. The van der Waals surface area contributed by atoms with Crippen LogP contribution in [-0.4, -0.2) is 12.3 Å². The first-order valence-electron chi connectivity index (χ1n) is 11.0. The van der Waals surface area contributed by atoms with Crippen molar-refractivity contribution in [1.82, 2.24) is 0 Å². The average molecular weight is 443 g/mol. The van der Waals surface area contributed by atoms with Crippen molar-refractivity contribution in [2.75, 3.05) is 4.90 Å². The summed E-state index contributed by atoms with van der Waals surface area (Å²) in [4.78, 5) is 11.0. The fraction of sp³-hybridized carbons (Fsp3) is 0.222. The van der Waals surface area contributed by atoms with E-state index in [0.717, 1.165) is 0 Å².